The highest BCUT2D eigenvalue weighted by molar-refractivity contribution is 6.30. The summed E-state index contributed by atoms with van der Waals surface area (Å²) in [6.45, 7) is 2.91. The van der Waals surface area contributed by atoms with E-state index < -0.39 is 11.4 Å². The van der Waals surface area contributed by atoms with Gasteiger partial charge >= 0.3 is 0 Å². The van der Waals surface area contributed by atoms with Crippen LogP contribution in [0.4, 0.5) is 4.39 Å². The molecular weight excluding hydrogens is 371 g/mol. The molecule has 1 aromatic carbocycles. The van der Waals surface area contributed by atoms with Gasteiger partial charge in [-0.2, -0.15) is 5.10 Å². The third-order valence-corrected chi connectivity index (χ3v) is 5.73. The van der Waals surface area contributed by atoms with Gasteiger partial charge in [0.25, 0.3) is 5.91 Å². The highest BCUT2D eigenvalue weighted by Crippen LogP contribution is 2.32. The monoisotopic (exact) mass is 392 g/mol. The van der Waals surface area contributed by atoms with Gasteiger partial charge in [0, 0.05) is 18.9 Å². The molecule has 2 aromatic rings. The van der Waals surface area contributed by atoms with E-state index in [9.17, 15) is 9.18 Å². The number of piperidine rings is 1. The van der Waals surface area contributed by atoms with Crippen molar-refractivity contribution in [1.82, 2.24) is 20.0 Å². The number of nitrogens with one attached hydrogen (secondary N) is 1. The summed E-state index contributed by atoms with van der Waals surface area (Å²) >= 11 is 5.91. The Balaban J connectivity index is 1.58. The largest absolute Gasteiger partial charge is 0.370 e. The van der Waals surface area contributed by atoms with Crippen molar-refractivity contribution in [2.75, 3.05) is 32.8 Å². The second-order valence-corrected chi connectivity index (χ2v) is 7.42. The number of morpholine rings is 1. The number of amides is 1. The molecule has 1 atom stereocenters. The molecular formula is C19H22ClFN4O2. The number of rotatable bonds is 3. The number of halogens is 2. The van der Waals surface area contributed by atoms with Crippen LogP contribution in [0, 0.1) is 5.82 Å². The van der Waals surface area contributed by atoms with Gasteiger partial charge in [-0.25, -0.2) is 4.39 Å². The molecule has 2 aliphatic rings. The Bertz CT molecular complexity index is 808. The summed E-state index contributed by atoms with van der Waals surface area (Å²) in [6, 6.07) is 6.41. The molecule has 27 heavy (non-hydrogen) atoms. The topological polar surface area (TPSA) is 59.4 Å². The first-order valence-corrected chi connectivity index (χ1v) is 9.55. The third-order valence-electron chi connectivity index (χ3n) is 5.44. The zero-order valence-corrected chi connectivity index (χ0v) is 15.7. The summed E-state index contributed by atoms with van der Waals surface area (Å²) in [7, 11) is 0. The third kappa shape index (κ3) is 3.47. The summed E-state index contributed by atoms with van der Waals surface area (Å²) in [4.78, 5) is 15.4. The van der Waals surface area contributed by atoms with E-state index in [0.717, 1.165) is 18.7 Å². The van der Waals surface area contributed by atoms with E-state index in [4.69, 9.17) is 16.3 Å². The molecule has 1 unspecified atom stereocenters. The SMILES string of the molecule is O=C(N1CCOC(c2ccc(F)c(Cl)c2)C1)C1(n2cccn2)CCNCC1. The molecule has 0 aliphatic carbocycles. The minimum atomic E-state index is -0.670. The lowest BCUT2D eigenvalue weighted by atomic mass is 9.86. The van der Waals surface area contributed by atoms with Crippen molar-refractivity contribution in [3.05, 3.63) is 53.1 Å². The Morgan fingerprint density at radius 2 is 2.19 bits per heavy atom. The Morgan fingerprint density at radius 3 is 2.89 bits per heavy atom. The molecule has 1 N–H and O–H groups in total. The summed E-state index contributed by atoms with van der Waals surface area (Å²) < 4.78 is 21.1. The van der Waals surface area contributed by atoms with Crippen LogP contribution in [0.1, 0.15) is 24.5 Å². The van der Waals surface area contributed by atoms with Crippen molar-refractivity contribution in [2.24, 2.45) is 0 Å². The van der Waals surface area contributed by atoms with Crippen molar-refractivity contribution < 1.29 is 13.9 Å². The minimum absolute atomic E-state index is 0.0610. The maximum atomic E-state index is 13.6. The van der Waals surface area contributed by atoms with Gasteiger partial charge in [0.1, 0.15) is 17.5 Å². The van der Waals surface area contributed by atoms with Gasteiger partial charge in [-0.15, -0.1) is 0 Å². The van der Waals surface area contributed by atoms with Gasteiger partial charge in [-0.05, 0) is 49.7 Å². The van der Waals surface area contributed by atoms with Gasteiger partial charge in [-0.1, -0.05) is 17.7 Å². The molecule has 2 fully saturated rings. The van der Waals surface area contributed by atoms with E-state index in [-0.39, 0.29) is 17.0 Å². The number of hydrogen-bond acceptors (Lipinski definition) is 4. The van der Waals surface area contributed by atoms with E-state index in [0.29, 0.717) is 32.5 Å². The molecule has 1 amide bonds. The van der Waals surface area contributed by atoms with Crippen molar-refractivity contribution in [3.8, 4) is 0 Å². The van der Waals surface area contributed by atoms with Gasteiger partial charge in [0.15, 0.2) is 0 Å². The second kappa shape index (κ2) is 7.58. The predicted octanol–water partition coefficient (Wildman–Crippen LogP) is 2.35. The molecule has 0 saturated carbocycles. The zero-order valence-electron chi connectivity index (χ0n) is 14.9. The maximum absolute atomic E-state index is 13.6. The summed E-state index contributed by atoms with van der Waals surface area (Å²) in [5.74, 6) is -0.397. The quantitative estimate of drug-likeness (QED) is 0.871. The minimum Gasteiger partial charge on any atom is -0.370 e. The fourth-order valence-corrected chi connectivity index (χ4v) is 4.13. The van der Waals surface area contributed by atoms with E-state index >= 15 is 0 Å². The fourth-order valence-electron chi connectivity index (χ4n) is 3.95. The van der Waals surface area contributed by atoms with E-state index in [2.05, 4.69) is 10.4 Å². The van der Waals surface area contributed by atoms with Crippen molar-refractivity contribution in [1.29, 1.82) is 0 Å². The number of nitrogens with zero attached hydrogens (tertiary/aromatic N) is 3. The lowest BCUT2D eigenvalue weighted by Gasteiger charge is -2.42. The maximum Gasteiger partial charge on any atom is 0.250 e. The van der Waals surface area contributed by atoms with Crippen LogP contribution in [0.15, 0.2) is 36.7 Å². The average Bonchev–Trinajstić information content (AvgIpc) is 3.25. The first-order chi connectivity index (χ1) is 13.1. The Kier molecular flexibility index (Phi) is 5.16. The Morgan fingerprint density at radius 1 is 1.37 bits per heavy atom. The zero-order chi connectivity index (χ0) is 18.9. The van der Waals surface area contributed by atoms with Crippen molar-refractivity contribution in [3.63, 3.8) is 0 Å². The van der Waals surface area contributed by atoms with Crippen LogP contribution >= 0.6 is 11.6 Å². The van der Waals surface area contributed by atoms with E-state index in [1.54, 1.807) is 23.0 Å². The van der Waals surface area contributed by atoms with Crippen molar-refractivity contribution >= 4 is 17.5 Å². The standard InChI is InChI=1S/C19H22ClFN4O2/c20-15-12-14(2-3-16(15)21)17-13-24(10-11-27-17)18(26)19(4-7-22-8-5-19)25-9-1-6-23-25/h1-3,6,9,12,17,22H,4-5,7-8,10-11,13H2. The van der Waals surface area contributed by atoms with Crippen LogP contribution in [-0.4, -0.2) is 53.4 Å². The van der Waals surface area contributed by atoms with Gasteiger partial charge < -0.3 is 15.0 Å². The Labute approximate surface area is 162 Å². The lowest BCUT2D eigenvalue weighted by molar-refractivity contribution is -0.151. The number of aromatic nitrogens is 2. The van der Waals surface area contributed by atoms with Crippen molar-refractivity contribution in [2.45, 2.75) is 24.5 Å². The van der Waals surface area contributed by atoms with Gasteiger partial charge in [0.05, 0.1) is 18.2 Å². The molecule has 0 radical (unpaired) electrons. The van der Waals surface area contributed by atoms with Crippen LogP contribution in [0.2, 0.25) is 5.02 Å². The first kappa shape index (κ1) is 18.4. The molecule has 3 heterocycles. The highest BCUT2D eigenvalue weighted by atomic mass is 35.5. The predicted molar refractivity (Wildman–Crippen MR) is 99.0 cm³/mol. The molecule has 0 spiro atoms. The Hall–Kier alpha value is -1.96. The molecule has 2 saturated heterocycles. The molecule has 2 aliphatic heterocycles. The number of carbonyl (C=O) groups excluding carboxylic acids is 1. The summed E-state index contributed by atoms with van der Waals surface area (Å²) in [5.41, 5.74) is 0.106. The van der Waals surface area contributed by atoms with Crippen LogP contribution in [-0.2, 0) is 15.1 Å². The lowest BCUT2D eigenvalue weighted by Crippen LogP contribution is -2.57. The molecule has 1 aromatic heterocycles. The van der Waals surface area contributed by atoms with Crippen LogP contribution in [0.3, 0.4) is 0 Å². The van der Waals surface area contributed by atoms with Gasteiger partial charge in [-0.3, -0.25) is 9.48 Å². The van der Waals surface area contributed by atoms with Crippen LogP contribution in [0.25, 0.3) is 0 Å². The molecule has 4 rings (SSSR count). The number of ether oxygens (including phenoxy) is 1. The smallest absolute Gasteiger partial charge is 0.250 e. The number of carbonyl (C=O) groups is 1. The normalized spacial score (nSPS) is 22.6. The van der Waals surface area contributed by atoms with E-state index in [1.807, 2.05) is 17.2 Å². The number of hydrogen-bond donors (Lipinski definition) is 1. The highest BCUT2D eigenvalue weighted by Gasteiger charge is 2.45. The van der Waals surface area contributed by atoms with E-state index in [1.165, 1.54) is 6.07 Å². The fraction of sp³-hybridized carbons (Fsp3) is 0.474. The van der Waals surface area contributed by atoms with Crippen LogP contribution in [0.5, 0.6) is 0 Å². The molecule has 0 bridgehead atoms. The first-order valence-electron chi connectivity index (χ1n) is 9.17. The molecule has 144 valence electrons. The molecule has 6 nitrogen and oxygen atoms in total. The van der Waals surface area contributed by atoms with Gasteiger partial charge in [0.2, 0.25) is 0 Å². The number of benzene rings is 1. The summed E-state index contributed by atoms with van der Waals surface area (Å²) in [5, 5.41) is 7.76. The average molecular weight is 393 g/mol. The second-order valence-electron chi connectivity index (χ2n) is 7.02. The molecule has 8 heteroatoms. The summed E-state index contributed by atoms with van der Waals surface area (Å²) in [6.07, 6.45) is 4.63. The van der Waals surface area contributed by atoms with Crippen LogP contribution < -0.4 is 5.32 Å².